The van der Waals surface area contributed by atoms with E-state index in [-0.39, 0.29) is 6.04 Å². The van der Waals surface area contributed by atoms with E-state index in [0.717, 1.165) is 16.6 Å². The van der Waals surface area contributed by atoms with E-state index in [1.165, 1.54) is 16.7 Å². The van der Waals surface area contributed by atoms with Gasteiger partial charge in [-0.3, -0.25) is 16.0 Å². The standard InChI is InChI=1S/C14H19BrN4/c1-9-6-11(7-10(2)14(9)15)13(17-16)8-12-4-5-19(3)18-12/h4-7,13,17H,8,16H2,1-3H3. The summed E-state index contributed by atoms with van der Waals surface area (Å²) in [6, 6.07) is 6.40. The summed E-state index contributed by atoms with van der Waals surface area (Å²) in [7, 11) is 1.92. The van der Waals surface area contributed by atoms with Gasteiger partial charge in [0.15, 0.2) is 0 Å². The molecule has 0 aliphatic carbocycles. The van der Waals surface area contributed by atoms with Crippen molar-refractivity contribution in [1.29, 1.82) is 0 Å². The zero-order valence-electron chi connectivity index (χ0n) is 11.4. The van der Waals surface area contributed by atoms with Crippen LogP contribution in [0.1, 0.15) is 28.4 Å². The van der Waals surface area contributed by atoms with Gasteiger partial charge in [0.1, 0.15) is 0 Å². The molecule has 0 aliphatic rings. The highest BCUT2D eigenvalue weighted by Crippen LogP contribution is 2.26. The molecule has 19 heavy (non-hydrogen) atoms. The quantitative estimate of drug-likeness (QED) is 0.672. The zero-order chi connectivity index (χ0) is 14.0. The largest absolute Gasteiger partial charge is 0.276 e. The number of nitrogens with zero attached hydrogens (tertiary/aromatic N) is 2. The van der Waals surface area contributed by atoms with Crippen LogP contribution in [0.5, 0.6) is 0 Å². The van der Waals surface area contributed by atoms with Crippen LogP contribution in [0, 0.1) is 13.8 Å². The molecule has 1 aromatic carbocycles. The van der Waals surface area contributed by atoms with Crippen LogP contribution in [-0.2, 0) is 13.5 Å². The van der Waals surface area contributed by atoms with Gasteiger partial charge in [-0.25, -0.2) is 0 Å². The molecular formula is C14H19BrN4. The lowest BCUT2D eigenvalue weighted by Gasteiger charge is -2.17. The van der Waals surface area contributed by atoms with Gasteiger partial charge in [-0.2, -0.15) is 5.10 Å². The van der Waals surface area contributed by atoms with Crippen LogP contribution >= 0.6 is 15.9 Å². The molecule has 0 radical (unpaired) electrons. The number of halogens is 1. The van der Waals surface area contributed by atoms with E-state index in [4.69, 9.17) is 5.84 Å². The molecule has 1 aromatic heterocycles. The first-order valence-electron chi connectivity index (χ1n) is 6.22. The van der Waals surface area contributed by atoms with Gasteiger partial charge in [-0.15, -0.1) is 0 Å². The van der Waals surface area contributed by atoms with Gasteiger partial charge >= 0.3 is 0 Å². The number of hydrazine groups is 1. The Balaban J connectivity index is 2.27. The zero-order valence-corrected chi connectivity index (χ0v) is 13.0. The van der Waals surface area contributed by atoms with Gasteiger partial charge in [0.25, 0.3) is 0 Å². The normalized spacial score (nSPS) is 12.7. The number of nitrogens with two attached hydrogens (primary N) is 1. The van der Waals surface area contributed by atoms with Crippen molar-refractivity contribution in [3.8, 4) is 0 Å². The van der Waals surface area contributed by atoms with E-state index >= 15 is 0 Å². The summed E-state index contributed by atoms with van der Waals surface area (Å²) in [4.78, 5) is 0. The maximum absolute atomic E-state index is 5.70. The molecule has 2 aromatic rings. The third kappa shape index (κ3) is 3.23. The second-order valence-corrected chi connectivity index (χ2v) is 5.67. The SMILES string of the molecule is Cc1cc(C(Cc2ccn(C)n2)NN)cc(C)c1Br. The molecule has 102 valence electrons. The lowest BCUT2D eigenvalue weighted by molar-refractivity contribution is 0.540. The number of aryl methyl sites for hydroxylation is 3. The average Bonchev–Trinajstić information content (AvgIpc) is 2.78. The maximum atomic E-state index is 5.70. The number of rotatable bonds is 4. The van der Waals surface area contributed by atoms with Crippen molar-refractivity contribution in [3.63, 3.8) is 0 Å². The van der Waals surface area contributed by atoms with Crippen LogP contribution in [0.3, 0.4) is 0 Å². The summed E-state index contributed by atoms with van der Waals surface area (Å²) < 4.78 is 2.96. The Bertz CT molecular complexity index is 554. The summed E-state index contributed by atoms with van der Waals surface area (Å²) in [5.41, 5.74) is 7.54. The highest BCUT2D eigenvalue weighted by Gasteiger charge is 2.14. The molecule has 4 nitrogen and oxygen atoms in total. The minimum absolute atomic E-state index is 0.0698. The van der Waals surface area contributed by atoms with Crippen molar-refractivity contribution in [3.05, 3.63) is 51.3 Å². The molecule has 0 saturated heterocycles. The predicted molar refractivity (Wildman–Crippen MR) is 80.6 cm³/mol. The molecule has 5 heteroatoms. The van der Waals surface area contributed by atoms with Crippen LogP contribution in [0.4, 0.5) is 0 Å². The third-order valence-electron chi connectivity index (χ3n) is 3.24. The number of benzene rings is 1. The summed E-state index contributed by atoms with van der Waals surface area (Å²) in [6.07, 6.45) is 2.72. The van der Waals surface area contributed by atoms with Gasteiger partial charge in [0, 0.05) is 24.1 Å². The minimum atomic E-state index is 0.0698. The summed E-state index contributed by atoms with van der Waals surface area (Å²) in [5, 5.41) is 4.40. The second-order valence-electron chi connectivity index (χ2n) is 4.87. The summed E-state index contributed by atoms with van der Waals surface area (Å²) in [6.45, 7) is 4.18. The van der Waals surface area contributed by atoms with Crippen molar-refractivity contribution in [2.75, 3.05) is 0 Å². The first-order valence-corrected chi connectivity index (χ1v) is 7.02. The van der Waals surface area contributed by atoms with Gasteiger partial charge in [0.2, 0.25) is 0 Å². The Labute approximate surface area is 122 Å². The number of nitrogens with one attached hydrogen (secondary N) is 1. The topological polar surface area (TPSA) is 55.9 Å². The van der Waals surface area contributed by atoms with Gasteiger partial charge in [-0.1, -0.05) is 28.1 Å². The lowest BCUT2D eigenvalue weighted by atomic mass is 9.98. The van der Waals surface area contributed by atoms with E-state index in [1.807, 2.05) is 19.3 Å². The molecule has 1 atom stereocenters. The van der Waals surface area contributed by atoms with Gasteiger partial charge < -0.3 is 0 Å². The Kier molecular flexibility index (Phi) is 4.39. The molecule has 1 unspecified atom stereocenters. The Morgan fingerprint density at radius 3 is 2.47 bits per heavy atom. The van der Waals surface area contributed by atoms with E-state index in [9.17, 15) is 0 Å². The molecule has 0 fully saturated rings. The second kappa shape index (κ2) is 5.86. The first-order chi connectivity index (χ1) is 9.01. The monoisotopic (exact) mass is 322 g/mol. The maximum Gasteiger partial charge on any atom is 0.0643 e. The highest BCUT2D eigenvalue weighted by atomic mass is 79.9. The van der Waals surface area contributed by atoms with Crippen LogP contribution in [-0.4, -0.2) is 9.78 Å². The summed E-state index contributed by atoms with van der Waals surface area (Å²) in [5.74, 6) is 5.70. The lowest BCUT2D eigenvalue weighted by Crippen LogP contribution is -2.29. The number of aromatic nitrogens is 2. The molecule has 0 amide bonds. The fourth-order valence-electron chi connectivity index (χ4n) is 2.23. The van der Waals surface area contributed by atoms with Crippen LogP contribution in [0.2, 0.25) is 0 Å². The molecule has 0 spiro atoms. The molecule has 0 bridgehead atoms. The fraction of sp³-hybridized carbons (Fsp3) is 0.357. The number of hydrogen-bond acceptors (Lipinski definition) is 3. The Morgan fingerprint density at radius 2 is 2.00 bits per heavy atom. The van der Waals surface area contributed by atoms with Crippen molar-refractivity contribution < 1.29 is 0 Å². The number of hydrogen-bond donors (Lipinski definition) is 2. The minimum Gasteiger partial charge on any atom is -0.276 e. The van der Waals surface area contributed by atoms with E-state index in [0.29, 0.717) is 0 Å². The summed E-state index contributed by atoms with van der Waals surface area (Å²) >= 11 is 3.59. The molecular weight excluding hydrogens is 304 g/mol. The third-order valence-corrected chi connectivity index (χ3v) is 4.50. The van der Waals surface area contributed by atoms with Crippen molar-refractivity contribution in [1.82, 2.24) is 15.2 Å². The molecule has 0 aliphatic heterocycles. The predicted octanol–water partition coefficient (Wildman–Crippen LogP) is 2.55. The Morgan fingerprint density at radius 1 is 1.37 bits per heavy atom. The van der Waals surface area contributed by atoms with Crippen LogP contribution in [0.15, 0.2) is 28.9 Å². The van der Waals surface area contributed by atoms with E-state index in [1.54, 1.807) is 4.68 Å². The van der Waals surface area contributed by atoms with Crippen molar-refractivity contribution >= 4 is 15.9 Å². The van der Waals surface area contributed by atoms with Crippen LogP contribution < -0.4 is 11.3 Å². The molecule has 3 N–H and O–H groups in total. The van der Waals surface area contributed by atoms with Crippen molar-refractivity contribution in [2.24, 2.45) is 12.9 Å². The van der Waals surface area contributed by atoms with E-state index < -0.39 is 0 Å². The van der Waals surface area contributed by atoms with E-state index in [2.05, 4.69) is 52.4 Å². The molecule has 0 saturated carbocycles. The highest BCUT2D eigenvalue weighted by molar-refractivity contribution is 9.10. The fourth-order valence-corrected chi connectivity index (χ4v) is 2.46. The van der Waals surface area contributed by atoms with Crippen LogP contribution in [0.25, 0.3) is 0 Å². The van der Waals surface area contributed by atoms with Gasteiger partial charge in [-0.05, 0) is 36.6 Å². The Hall–Kier alpha value is -1.17. The molecule has 2 rings (SSSR count). The molecule has 1 heterocycles. The average molecular weight is 323 g/mol. The first kappa shape index (κ1) is 14.2. The van der Waals surface area contributed by atoms with Crippen molar-refractivity contribution in [2.45, 2.75) is 26.3 Å². The smallest absolute Gasteiger partial charge is 0.0643 e. The van der Waals surface area contributed by atoms with Gasteiger partial charge in [0.05, 0.1) is 11.7 Å².